The van der Waals surface area contributed by atoms with E-state index in [1.54, 1.807) is 0 Å². The van der Waals surface area contributed by atoms with E-state index in [9.17, 15) is 0 Å². The highest BCUT2D eigenvalue weighted by Crippen LogP contribution is 2.32. The number of amidine groups is 1. The molecular formula is C13H18N2S. The summed E-state index contributed by atoms with van der Waals surface area (Å²) in [4.78, 5) is 4.73. The molecule has 0 radical (unpaired) electrons. The average molecular weight is 234 g/mol. The van der Waals surface area contributed by atoms with Gasteiger partial charge in [0.05, 0.1) is 5.54 Å². The van der Waals surface area contributed by atoms with Crippen molar-refractivity contribution < 1.29 is 0 Å². The van der Waals surface area contributed by atoms with Crippen molar-refractivity contribution in [2.75, 3.05) is 5.32 Å². The number of thioether (sulfide) groups is 1. The summed E-state index contributed by atoms with van der Waals surface area (Å²) in [6.07, 6.45) is 1.14. The predicted molar refractivity (Wildman–Crippen MR) is 73.2 cm³/mol. The van der Waals surface area contributed by atoms with E-state index in [0.717, 1.165) is 17.3 Å². The van der Waals surface area contributed by atoms with Crippen LogP contribution < -0.4 is 5.32 Å². The number of anilines is 1. The Hall–Kier alpha value is -0.960. The minimum absolute atomic E-state index is 0.0573. The Morgan fingerprint density at radius 3 is 2.62 bits per heavy atom. The van der Waals surface area contributed by atoms with Crippen molar-refractivity contribution in [1.82, 2.24) is 0 Å². The molecule has 0 amide bonds. The maximum Gasteiger partial charge on any atom is 0.161 e. The van der Waals surface area contributed by atoms with Gasteiger partial charge < -0.3 is 5.32 Å². The number of hydrogen-bond acceptors (Lipinski definition) is 3. The molecule has 16 heavy (non-hydrogen) atoms. The van der Waals surface area contributed by atoms with Gasteiger partial charge in [-0.05, 0) is 32.4 Å². The summed E-state index contributed by atoms with van der Waals surface area (Å²) >= 11 is 1.82. The molecule has 0 saturated carbocycles. The molecule has 0 spiro atoms. The van der Waals surface area contributed by atoms with Gasteiger partial charge in [-0.2, -0.15) is 0 Å². The highest BCUT2D eigenvalue weighted by atomic mass is 32.2. The van der Waals surface area contributed by atoms with E-state index in [-0.39, 0.29) is 5.54 Å². The first-order valence-corrected chi connectivity index (χ1v) is 6.52. The topological polar surface area (TPSA) is 24.4 Å². The van der Waals surface area contributed by atoms with Crippen molar-refractivity contribution in [3.63, 3.8) is 0 Å². The van der Waals surface area contributed by atoms with Crippen LogP contribution in [-0.4, -0.2) is 16.0 Å². The van der Waals surface area contributed by atoms with Crippen LogP contribution in [0.4, 0.5) is 5.69 Å². The van der Waals surface area contributed by atoms with E-state index in [2.05, 4.69) is 38.2 Å². The molecule has 0 bridgehead atoms. The Balaban J connectivity index is 2.13. The number of aliphatic imine (C=N–C) groups is 1. The van der Waals surface area contributed by atoms with Crippen LogP contribution in [0.5, 0.6) is 0 Å². The Labute approximate surface area is 102 Å². The van der Waals surface area contributed by atoms with Crippen molar-refractivity contribution in [2.24, 2.45) is 4.99 Å². The molecule has 1 aromatic carbocycles. The summed E-state index contributed by atoms with van der Waals surface area (Å²) < 4.78 is 0. The van der Waals surface area contributed by atoms with Gasteiger partial charge in [0.2, 0.25) is 0 Å². The second-order valence-corrected chi connectivity index (χ2v) is 6.28. The summed E-state index contributed by atoms with van der Waals surface area (Å²) in [6, 6.07) is 10.2. The number of hydrogen-bond donors (Lipinski definition) is 1. The monoisotopic (exact) mass is 234 g/mol. The Morgan fingerprint density at radius 2 is 2.00 bits per heavy atom. The summed E-state index contributed by atoms with van der Waals surface area (Å²) in [5, 5.41) is 5.04. The van der Waals surface area contributed by atoms with Gasteiger partial charge in [-0.25, -0.2) is 0 Å². The third kappa shape index (κ3) is 3.01. The lowest BCUT2D eigenvalue weighted by Crippen LogP contribution is -2.31. The Morgan fingerprint density at radius 1 is 1.31 bits per heavy atom. The van der Waals surface area contributed by atoms with Crippen LogP contribution in [0.1, 0.15) is 27.2 Å². The molecule has 2 rings (SSSR count). The molecule has 3 heteroatoms. The quantitative estimate of drug-likeness (QED) is 0.800. The first-order valence-electron chi connectivity index (χ1n) is 5.64. The van der Waals surface area contributed by atoms with Crippen molar-refractivity contribution in [2.45, 2.75) is 38.0 Å². The zero-order valence-electron chi connectivity index (χ0n) is 10.0. The molecule has 1 heterocycles. The van der Waals surface area contributed by atoms with Crippen LogP contribution in [0.3, 0.4) is 0 Å². The van der Waals surface area contributed by atoms with E-state index in [1.807, 2.05) is 30.0 Å². The minimum Gasteiger partial charge on any atom is -0.335 e. The number of nitrogens with one attached hydrogen (secondary N) is 1. The van der Waals surface area contributed by atoms with E-state index in [0.29, 0.717) is 5.25 Å². The van der Waals surface area contributed by atoms with E-state index < -0.39 is 0 Å². The molecule has 1 aromatic rings. The molecule has 0 aliphatic carbocycles. The SMILES string of the molecule is CC1CC(C)(C)N=C(Nc2ccccc2)S1. The lowest BCUT2D eigenvalue weighted by atomic mass is 10.00. The van der Waals surface area contributed by atoms with Crippen molar-refractivity contribution in [1.29, 1.82) is 0 Å². The molecular weight excluding hydrogens is 216 g/mol. The maximum absolute atomic E-state index is 4.73. The van der Waals surface area contributed by atoms with Crippen LogP contribution in [0, 0.1) is 0 Å². The van der Waals surface area contributed by atoms with Gasteiger partial charge >= 0.3 is 0 Å². The summed E-state index contributed by atoms with van der Waals surface area (Å²) in [5.41, 5.74) is 1.17. The molecule has 1 aliphatic heterocycles. The minimum atomic E-state index is 0.0573. The lowest BCUT2D eigenvalue weighted by Gasteiger charge is -2.30. The highest BCUT2D eigenvalue weighted by Gasteiger charge is 2.27. The van der Waals surface area contributed by atoms with Gasteiger partial charge in [0.1, 0.15) is 0 Å². The van der Waals surface area contributed by atoms with Gasteiger partial charge in [-0.15, -0.1) is 0 Å². The number of para-hydroxylation sites is 1. The zero-order chi connectivity index (χ0) is 11.6. The normalized spacial score (nSPS) is 23.7. The predicted octanol–water partition coefficient (Wildman–Crippen LogP) is 3.76. The van der Waals surface area contributed by atoms with Gasteiger partial charge in [0.25, 0.3) is 0 Å². The fourth-order valence-electron chi connectivity index (χ4n) is 1.98. The van der Waals surface area contributed by atoms with Gasteiger partial charge in [0.15, 0.2) is 5.17 Å². The molecule has 1 aliphatic rings. The van der Waals surface area contributed by atoms with Gasteiger partial charge in [0, 0.05) is 10.9 Å². The van der Waals surface area contributed by atoms with Crippen LogP contribution in [-0.2, 0) is 0 Å². The molecule has 1 atom stereocenters. The zero-order valence-corrected chi connectivity index (χ0v) is 10.8. The third-order valence-electron chi connectivity index (χ3n) is 2.53. The van der Waals surface area contributed by atoms with Crippen LogP contribution in [0.2, 0.25) is 0 Å². The van der Waals surface area contributed by atoms with Crippen LogP contribution in [0.25, 0.3) is 0 Å². The largest absolute Gasteiger partial charge is 0.335 e. The van der Waals surface area contributed by atoms with Crippen molar-refractivity contribution in [3.8, 4) is 0 Å². The molecule has 0 aromatic heterocycles. The second-order valence-electron chi connectivity index (χ2n) is 4.85. The van der Waals surface area contributed by atoms with E-state index >= 15 is 0 Å². The molecule has 1 N–H and O–H groups in total. The fraction of sp³-hybridized carbons (Fsp3) is 0.462. The van der Waals surface area contributed by atoms with Crippen LogP contribution in [0.15, 0.2) is 35.3 Å². The smallest absolute Gasteiger partial charge is 0.161 e. The first kappa shape index (κ1) is 11.5. The van der Waals surface area contributed by atoms with Gasteiger partial charge in [-0.1, -0.05) is 36.9 Å². The number of rotatable bonds is 1. The molecule has 86 valence electrons. The Kier molecular flexibility index (Phi) is 3.24. The summed E-state index contributed by atoms with van der Waals surface area (Å²) in [7, 11) is 0. The van der Waals surface area contributed by atoms with E-state index in [1.165, 1.54) is 0 Å². The summed E-state index contributed by atoms with van der Waals surface area (Å²) in [6.45, 7) is 6.64. The highest BCUT2D eigenvalue weighted by molar-refractivity contribution is 8.14. The molecule has 0 fully saturated rings. The van der Waals surface area contributed by atoms with Crippen molar-refractivity contribution >= 4 is 22.6 Å². The average Bonchev–Trinajstić information content (AvgIpc) is 2.15. The fourth-order valence-corrected chi connectivity index (χ4v) is 3.33. The number of benzene rings is 1. The molecule has 1 unspecified atom stereocenters. The number of nitrogens with zero attached hydrogens (tertiary/aromatic N) is 1. The summed E-state index contributed by atoms with van der Waals surface area (Å²) in [5.74, 6) is 0. The Bertz CT molecular complexity index is 384. The second kappa shape index (κ2) is 4.50. The van der Waals surface area contributed by atoms with Gasteiger partial charge in [-0.3, -0.25) is 4.99 Å². The molecule has 0 saturated heterocycles. The maximum atomic E-state index is 4.73. The third-order valence-corrected chi connectivity index (χ3v) is 3.51. The lowest BCUT2D eigenvalue weighted by molar-refractivity contribution is 0.477. The molecule has 2 nitrogen and oxygen atoms in total. The van der Waals surface area contributed by atoms with Crippen molar-refractivity contribution in [3.05, 3.63) is 30.3 Å². The van der Waals surface area contributed by atoms with E-state index in [4.69, 9.17) is 4.99 Å². The first-order chi connectivity index (χ1) is 7.55. The van der Waals surface area contributed by atoms with Crippen LogP contribution >= 0.6 is 11.8 Å². The standard InChI is InChI=1S/C13H18N2S/c1-10-9-13(2,3)15-12(16-10)14-11-7-5-4-6-8-11/h4-8,10H,9H2,1-3H3,(H,14,15).